The lowest BCUT2D eigenvalue weighted by Gasteiger charge is -2.23. The van der Waals surface area contributed by atoms with E-state index in [1.54, 1.807) is 18.4 Å². The summed E-state index contributed by atoms with van der Waals surface area (Å²) in [4.78, 5) is 21.9. The average molecular weight is 409 g/mol. The van der Waals surface area contributed by atoms with E-state index in [1.807, 2.05) is 65.0 Å². The number of carbonyl (C=O) groups is 1. The van der Waals surface area contributed by atoms with Crippen LogP contribution in [-0.4, -0.2) is 49.1 Å². The van der Waals surface area contributed by atoms with Gasteiger partial charge in [-0.15, -0.1) is 11.3 Å². The van der Waals surface area contributed by atoms with Gasteiger partial charge in [0.25, 0.3) is 5.91 Å². The van der Waals surface area contributed by atoms with Crippen molar-refractivity contribution in [3.8, 4) is 5.75 Å². The van der Waals surface area contributed by atoms with Crippen LogP contribution >= 0.6 is 11.3 Å². The van der Waals surface area contributed by atoms with Gasteiger partial charge in [-0.05, 0) is 42.8 Å². The third-order valence-electron chi connectivity index (χ3n) is 5.00. The number of carbonyl (C=O) groups excluding carboxylic acids is 1. The van der Waals surface area contributed by atoms with Crippen molar-refractivity contribution in [2.45, 2.75) is 6.42 Å². The van der Waals surface area contributed by atoms with Crippen molar-refractivity contribution >= 4 is 33.8 Å². The zero-order valence-corrected chi connectivity index (χ0v) is 17.2. The Morgan fingerprint density at radius 3 is 2.66 bits per heavy atom. The molecule has 0 spiro atoms. The lowest BCUT2D eigenvalue weighted by molar-refractivity contribution is 0.0768. The first-order valence-corrected chi connectivity index (χ1v) is 10.6. The summed E-state index contributed by atoms with van der Waals surface area (Å²) in [5.74, 6) is 0.858. The Morgan fingerprint density at radius 2 is 1.90 bits per heavy atom. The molecule has 29 heavy (non-hydrogen) atoms. The summed E-state index contributed by atoms with van der Waals surface area (Å²) in [5.41, 5.74) is 2.41. The fourth-order valence-electron chi connectivity index (χ4n) is 3.46. The van der Waals surface area contributed by atoms with Crippen LogP contribution in [-0.2, 0) is 0 Å². The molecule has 0 saturated carbocycles. The highest BCUT2D eigenvalue weighted by Crippen LogP contribution is 2.25. The van der Waals surface area contributed by atoms with E-state index in [9.17, 15) is 4.79 Å². The van der Waals surface area contributed by atoms with Crippen molar-refractivity contribution in [1.29, 1.82) is 0 Å². The zero-order valence-electron chi connectivity index (χ0n) is 16.4. The van der Waals surface area contributed by atoms with Gasteiger partial charge in [-0.1, -0.05) is 12.1 Å². The average Bonchev–Trinajstić information content (AvgIpc) is 3.19. The van der Waals surface area contributed by atoms with Crippen LogP contribution in [0.15, 0.2) is 60.1 Å². The van der Waals surface area contributed by atoms with Gasteiger partial charge in [-0.2, -0.15) is 0 Å². The van der Waals surface area contributed by atoms with E-state index in [2.05, 4.69) is 15.2 Å². The second-order valence-electron chi connectivity index (χ2n) is 6.85. The summed E-state index contributed by atoms with van der Waals surface area (Å²) in [6, 6.07) is 15.4. The molecule has 1 amide bonds. The van der Waals surface area contributed by atoms with Gasteiger partial charge in [0.15, 0.2) is 5.13 Å². The number of thiazole rings is 1. The number of benzene rings is 2. The molecule has 0 bridgehead atoms. The highest BCUT2D eigenvalue weighted by Gasteiger charge is 2.23. The van der Waals surface area contributed by atoms with Crippen molar-refractivity contribution in [2.75, 3.05) is 43.5 Å². The third-order valence-corrected chi connectivity index (χ3v) is 5.83. The lowest BCUT2D eigenvalue weighted by Crippen LogP contribution is -2.35. The Hall–Kier alpha value is -3.06. The fourth-order valence-corrected chi connectivity index (χ4v) is 4.16. The number of para-hydroxylation sites is 1. The van der Waals surface area contributed by atoms with Crippen molar-refractivity contribution in [2.24, 2.45) is 0 Å². The number of aromatic nitrogens is 1. The molecular weight excluding hydrogens is 384 g/mol. The van der Waals surface area contributed by atoms with Gasteiger partial charge in [-0.25, -0.2) is 4.98 Å². The molecule has 2 heterocycles. The van der Waals surface area contributed by atoms with E-state index < -0.39 is 0 Å². The summed E-state index contributed by atoms with van der Waals surface area (Å²) in [7, 11) is 1.65. The number of anilines is 3. The van der Waals surface area contributed by atoms with Crippen molar-refractivity contribution in [3.63, 3.8) is 0 Å². The van der Waals surface area contributed by atoms with Crippen LogP contribution in [0.2, 0.25) is 0 Å². The number of amides is 1. The molecule has 1 aliphatic rings. The van der Waals surface area contributed by atoms with Gasteiger partial charge in [0, 0.05) is 43.4 Å². The van der Waals surface area contributed by atoms with Crippen LogP contribution < -0.4 is 15.0 Å². The monoisotopic (exact) mass is 408 g/mol. The molecule has 3 aromatic rings. The van der Waals surface area contributed by atoms with E-state index in [0.717, 1.165) is 48.3 Å². The number of ether oxygens (including phenoxy) is 1. The van der Waals surface area contributed by atoms with Crippen LogP contribution in [0.5, 0.6) is 5.75 Å². The van der Waals surface area contributed by atoms with Crippen molar-refractivity contribution < 1.29 is 9.53 Å². The zero-order chi connectivity index (χ0) is 20.1. The van der Waals surface area contributed by atoms with Crippen LogP contribution in [0.1, 0.15) is 16.8 Å². The minimum Gasteiger partial charge on any atom is -0.497 e. The molecule has 1 aromatic heterocycles. The Kier molecular flexibility index (Phi) is 5.95. The smallest absolute Gasteiger partial charge is 0.256 e. The SMILES string of the molecule is COc1ccc(Nc2ccccc2C(=O)N2CCCN(c3nccs3)CC2)cc1. The maximum atomic E-state index is 13.3. The van der Waals surface area contributed by atoms with Crippen molar-refractivity contribution in [1.82, 2.24) is 9.88 Å². The van der Waals surface area contributed by atoms with E-state index in [4.69, 9.17) is 4.74 Å². The molecule has 7 heteroatoms. The second kappa shape index (κ2) is 8.96. The number of hydrogen-bond acceptors (Lipinski definition) is 6. The molecule has 1 fully saturated rings. The van der Waals surface area contributed by atoms with Crippen LogP contribution in [0.4, 0.5) is 16.5 Å². The first-order chi connectivity index (χ1) is 14.2. The van der Waals surface area contributed by atoms with Crippen LogP contribution in [0.25, 0.3) is 0 Å². The molecule has 6 nitrogen and oxygen atoms in total. The molecule has 2 aromatic carbocycles. The second-order valence-corrected chi connectivity index (χ2v) is 7.72. The van der Waals surface area contributed by atoms with Gasteiger partial charge in [-0.3, -0.25) is 4.79 Å². The molecule has 0 aliphatic carbocycles. The normalized spacial score (nSPS) is 14.4. The fraction of sp³-hybridized carbons (Fsp3) is 0.273. The van der Waals surface area contributed by atoms with E-state index in [0.29, 0.717) is 12.1 Å². The van der Waals surface area contributed by atoms with Crippen LogP contribution in [0, 0.1) is 0 Å². The summed E-state index contributed by atoms with van der Waals surface area (Å²) < 4.78 is 5.21. The predicted octanol–water partition coefficient (Wildman–Crippen LogP) is 4.25. The lowest BCUT2D eigenvalue weighted by atomic mass is 10.1. The molecule has 150 valence electrons. The first-order valence-electron chi connectivity index (χ1n) is 9.68. The van der Waals surface area contributed by atoms with E-state index in [1.165, 1.54) is 0 Å². The topological polar surface area (TPSA) is 57.7 Å². The number of rotatable bonds is 5. The highest BCUT2D eigenvalue weighted by molar-refractivity contribution is 7.13. The molecule has 0 radical (unpaired) electrons. The van der Waals surface area contributed by atoms with E-state index in [-0.39, 0.29) is 5.91 Å². The maximum absolute atomic E-state index is 13.3. The summed E-state index contributed by atoms with van der Waals surface area (Å²) in [6.07, 6.45) is 2.76. The van der Waals surface area contributed by atoms with Gasteiger partial charge in [0.05, 0.1) is 18.4 Å². The molecule has 4 rings (SSSR count). The summed E-state index contributed by atoms with van der Waals surface area (Å²) in [6.45, 7) is 3.16. The number of nitrogens with one attached hydrogen (secondary N) is 1. The Bertz CT molecular complexity index is 944. The number of methoxy groups -OCH3 is 1. The minimum atomic E-state index is 0.0580. The van der Waals surface area contributed by atoms with Gasteiger partial charge in [0.1, 0.15) is 5.75 Å². The molecule has 0 unspecified atom stereocenters. The summed E-state index contributed by atoms with van der Waals surface area (Å²) in [5, 5.41) is 6.39. The Balaban J connectivity index is 1.48. The number of hydrogen-bond donors (Lipinski definition) is 1. The Labute approximate surface area is 174 Å². The standard InChI is InChI=1S/C22H24N4O2S/c1-28-18-9-7-17(8-10-18)24-20-6-3-2-5-19(20)21(27)25-12-4-13-26(15-14-25)22-23-11-16-29-22/h2-3,5-11,16,24H,4,12-15H2,1H3. The minimum absolute atomic E-state index is 0.0580. The van der Waals surface area contributed by atoms with Gasteiger partial charge >= 0.3 is 0 Å². The summed E-state index contributed by atoms with van der Waals surface area (Å²) >= 11 is 1.64. The molecule has 1 saturated heterocycles. The van der Waals surface area contributed by atoms with E-state index >= 15 is 0 Å². The molecule has 1 N–H and O–H groups in total. The first kappa shape index (κ1) is 19.3. The molecular formula is C22H24N4O2S. The largest absolute Gasteiger partial charge is 0.497 e. The molecule has 0 atom stereocenters. The molecule has 1 aliphatic heterocycles. The maximum Gasteiger partial charge on any atom is 0.256 e. The van der Waals surface area contributed by atoms with Crippen LogP contribution in [0.3, 0.4) is 0 Å². The van der Waals surface area contributed by atoms with Crippen molar-refractivity contribution in [3.05, 3.63) is 65.7 Å². The predicted molar refractivity (Wildman–Crippen MR) is 118 cm³/mol. The third kappa shape index (κ3) is 4.51. The number of nitrogens with zero attached hydrogens (tertiary/aromatic N) is 3. The Morgan fingerprint density at radius 1 is 1.07 bits per heavy atom. The highest BCUT2D eigenvalue weighted by atomic mass is 32.1. The van der Waals surface area contributed by atoms with Gasteiger partial charge < -0.3 is 19.9 Å². The quantitative estimate of drug-likeness (QED) is 0.684. The van der Waals surface area contributed by atoms with Gasteiger partial charge in [0.2, 0.25) is 0 Å².